The Morgan fingerprint density at radius 2 is 2.00 bits per heavy atom. The van der Waals surface area contributed by atoms with Crippen LogP contribution in [0.15, 0.2) is 24.3 Å². The molecular weight excluding hydrogens is 250 g/mol. The predicted molar refractivity (Wildman–Crippen MR) is 88.9 cm³/mol. The monoisotopic (exact) mass is 279 g/mol. The quantitative estimate of drug-likeness (QED) is 0.780. The van der Waals surface area contributed by atoms with Crippen molar-refractivity contribution in [3.05, 3.63) is 35.4 Å². The summed E-state index contributed by atoms with van der Waals surface area (Å²) in [6.07, 6.45) is 1.20. The van der Waals surface area contributed by atoms with Crippen LogP contribution in [0.2, 0.25) is 0 Å². The molecule has 1 aromatic rings. The van der Waals surface area contributed by atoms with Crippen molar-refractivity contribution < 1.29 is 0 Å². The molecule has 0 saturated carbocycles. The predicted octanol–water partition coefficient (Wildman–Crippen LogP) is 4.64. The van der Waals surface area contributed by atoms with Crippen molar-refractivity contribution in [2.45, 2.75) is 52.8 Å². The van der Waals surface area contributed by atoms with Crippen LogP contribution in [0.25, 0.3) is 0 Å². The fourth-order valence-corrected chi connectivity index (χ4v) is 3.42. The van der Waals surface area contributed by atoms with Crippen molar-refractivity contribution in [3.8, 4) is 0 Å². The molecule has 1 unspecified atom stereocenters. The van der Waals surface area contributed by atoms with Crippen molar-refractivity contribution in [2.24, 2.45) is 5.41 Å². The molecule has 0 radical (unpaired) electrons. The van der Waals surface area contributed by atoms with Crippen LogP contribution >= 0.6 is 11.8 Å². The summed E-state index contributed by atoms with van der Waals surface area (Å²) in [7, 11) is 0. The minimum atomic E-state index is 0.328. The summed E-state index contributed by atoms with van der Waals surface area (Å²) in [5, 5.41) is 3.69. The third kappa shape index (κ3) is 6.49. The molecule has 1 N–H and O–H groups in total. The number of rotatable bonds is 7. The zero-order chi connectivity index (χ0) is 14.3. The number of nitrogens with one attached hydrogen (secondary N) is 1. The molecule has 0 aliphatic heterocycles. The van der Waals surface area contributed by atoms with E-state index in [-0.39, 0.29) is 0 Å². The Hall–Kier alpha value is -0.470. The highest BCUT2D eigenvalue weighted by atomic mass is 32.2. The van der Waals surface area contributed by atoms with Crippen LogP contribution in [0.4, 0.5) is 0 Å². The number of aryl methyl sites for hydroxylation is 1. The Morgan fingerprint density at radius 1 is 1.26 bits per heavy atom. The summed E-state index contributed by atoms with van der Waals surface area (Å²) < 4.78 is 0. The summed E-state index contributed by atoms with van der Waals surface area (Å²) >= 11 is 2.04. The molecule has 1 atom stereocenters. The lowest BCUT2D eigenvalue weighted by atomic mass is 9.88. The molecule has 2 heteroatoms. The van der Waals surface area contributed by atoms with Gasteiger partial charge in [-0.3, -0.25) is 0 Å². The summed E-state index contributed by atoms with van der Waals surface area (Å²) in [5.74, 6) is 2.29. The standard InChI is InChI=1S/C17H29NS/c1-6-10-18-16(17(3,4)5)13-19-12-15-9-7-8-14(2)11-15/h7-9,11,16,18H,6,10,12-13H2,1-5H3. The average molecular weight is 279 g/mol. The van der Waals surface area contributed by atoms with Gasteiger partial charge in [-0.15, -0.1) is 0 Å². The van der Waals surface area contributed by atoms with E-state index >= 15 is 0 Å². The minimum absolute atomic E-state index is 0.328. The summed E-state index contributed by atoms with van der Waals surface area (Å²) in [6.45, 7) is 12.5. The van der Waals surface area contributed by atoms with Gasteiger partial charge in [0.2, 0.25) is 0 Å². The van der Waals surface area contributed by atoms with E-state index < -0.39 is 0 Å². The van der Waals surface area contributed by atoms with Gasteiger partial charge in [0.05, 0.1) is 0 Å². The second kappa shape index (κ2) is 7.96. The van der Waals surface area contributed by atoms with E-state index in [2.05, 4.69) is 64.2 Å². The molecule has 0 amide bonds. The fraction of sp³-hybridized carbons (Fsp3) is 0.647. The van der Waals surface area contributed by atoms with Crippen molar-refractivity contribution in [2.75, 3.05) is 12.3 Å². The molecule has 0 aromatic heterocycles. The molecule has 108 valence electrons. The zero-order valence-corrected chi connectivity index (χ0v) is 13.9. The van der Waals surface area contributed by atoms with E-state index in [4.69, 9.17) is 0 Å². The van der Waals surface area contributed by atoms with E-state index in [0.717, 1.165) is 12.3 Å². The Labute approximate surface area is 123 Å². The molecule has 1 aromatic carbocycles. The van der Waals surface area contributed by atoms with E-state index in [1.807, 2.05) is 11.8 Å². The lowest BCUT2D eigenvalue weighted by molar-refractivity contribution is 0.292. The SMILES string of the molecule is CCCNC(CSCc1cccc(C)c1)C(C)(C)C. The van der Waals surface area contributed by atoms with Crippen LogP contribution in [-0.4, -0.2) is 18.3 Å². The first-order valence-electron chi connectivity index (χ1n) is 7.30. The van der Waals surface area contributed by atoms with Gasteiger partial charge in [0.15, 0.2) is 0 Å². The molecular formula is C17H29NS. The largest absolute Gasteiger partial charge is 0.313 e. The van der Waals surface area contributed by atoms with Crippen LogP contribution in [0.5, 0.6) is 0 Å². The summed E-state index contributed by atoms with van der Waals surface area (Å²) in [6, 6.07) is 9.42. The molecule has 0 fully saturated rings. The molecule has 0 aliphatic rings. The number of hydrogen-bond acceptors (Lipinski definition) is 2. The maximum Gasteiger partial charge on any atom is 0.0206 e. The van der Waals surface area contributed by atoms with Gasteiger partial charge in [0, 0.05) is 17.5 Å². The van der Waals surface area contributed by atoms with Gasteiger partial charge >= 0.3 is 0 Å². The van der Waals surface area contributed by atoms with E-state index in [0.29, 0.717) is 11.5 Å². The molecule has 0 bridgehead atoms. The number of benzene rings is 1. The third-order valence-electron chi connectivity index (χ3n) is 3.32. The van der Waals surface area contributed by atoms with Gasteiger partial charge in [0.1, 0.15) is 0 Å². The lowest BCUT2D eigenvalue weighted by Crippen LogP contribution is -2.42. The van der Waals surface area contributed by atoms with Crippen molar-refractivity contribution in [3.63, 3.8) is 0 Å². The van der Waals surface area contributed by atoms with Crippen molar-refractivity contribution in [1.29, 1.82) is 0 Å². The summed E-state index contributed by atoms with van der Waals surface area (Å²) in [5.41, 5.74) is 3.12. The first-order valence-corrected chi connectivity index (χ1v) is 8.45. The summed E-state index contributed by atoms with van der Waals surface area (Å²) in [4.78, 5) is 0. The Kier molecular flexibility index (Phi) is 6.95. The smallest absolute Gasteiger partial charge is 0.0206 e. The molecule has 0 heterocycles. The molecule has 1 rings (SSSR count). The second-order valence-corrected chi connectivity index (χ2v) is 7.41. The molecule has 0 aliphatic carbocycles. The highest BCUT2D eigenvalue weighted by Crippen LogP contribution is 2.24. The van der Waals surface area contributed by atoms with Crippen LogP contribution < -0.4 is 5.32 Å². The zero-order valence-electron chi connectivity index (χ0n) is 13.1. The Bertz CT molecular complexity index is 368. The van der Waals surface area contributed by atoms with Crippen LogP contribution in [0, 0.1) is 12.3 Å². The highest BCUT2D eigenvalue weighted by molar-refractivity contribution is 7.98. The maximum absolute atomic E-state index is 3.69. The topological polar surface area (TPSA) is 12.0 Å². The first-order chi connectivity index (χ1) is 8.93. The molecule has 0 spiro atoms. The minimum Gasteiger partial charge on any atom is -0.313 e. The van der Waals surface area contributed by atoms with Gasteiger partial charge in [-0.2, -0.15) is 11.8 Å². The van der Waals surface area contributed by atoms with Gasteiger partial charge in [-0.25, -0.2) is 0 Å². The highest BCUT2D eigenvalue weighted by Gasteiger charge is 2.23. The molecule has 0 saturated heterocycles. The van der Waals surface area contributed by atoms with E-state index in [9.17, 15) is 0 Å². The van der Waals surface area contributed by atoms with Gasteiger partial charge < -0.3 is 5.32 Å². The van der Waals surface area contributed by atoms with Crippen molar-refractivity contribution in [1.82, 2.24) is 5.32 Å². The molecule has 1 nitrogen and oxygen atoms in total. The van der Waals surface area contributed by atoms with Gasteiger partial charge in [0.25, 0.3) is 0 Å². The normalized spacial score (nSPS) is 13.5. The van der Waals surface area contributed by atoms with Gasteiger partial charge in [-0.05, 0) is 30.9 Å². The Morgan fingerprint density at radius 3 is 2.58 bits per heavy atom. The van der Waals surface area contributed by atoms with Crippen LogP contribution in [0.1, 0.15) is 45.2 Å². The van der Waals surface area contributed by atoms with Crippen LogP contribution in [-0.2, 0) is 5.75 Å². The maximum atomic E-state index is 3.69. The van der Waals surface area contributed by atoms with E-state index in [1.165, 1.54) is 23.3 Å². The molecule has 19 heavy (non-hydrogen) atoms. The first kappa shape index (κ1) is 16.6. The third-order valence-corrected chi connectivity index (χ3v) is 4.43. The second-order valence-electron chi connectivity index (χ2n) is 6.38. The van der Waals surface area contributed by atoms with Gasteiger partial charge in [-0.1, -0.05) is 57.5 Å². The Balaban J connectivity index is 2.43. The lowest BCUT2D eigenvalue weighted by Gasteiger charge is -2.31. The van der Waals surface area contributed by atoms with Crippen molar-refractivity contribution >= 4 is 11.8 Å². The average Bonchev–Trinajstić information content (AvgIpc) is 2.32. The fourth-order valence-electron chi connectivity index (χ4n) is 2.03. The number of hydrogen-bond donors (Lipinski definition) is 1. The number of thioether (sulfide) groups is 1. The van der Waals surface area contributed by atoms with E-state index in [1.54, 1.807) is 0 Å². The van der Waals surface area contributed by atoms with Crippen LogP contribution in [0.3, 0.4) is 0 Å².